The molecular weight excluding hydrogens is 316 g/mol. The third kappa shape index (κ3) is 5.23. The van der Waals surface area contributed by atoms with Crippen LogP contribution in [0.25, 0.3) is 0 Å². The third-order valence-corrected chi connectivity index (χ3v) is 3.80. The zero-order valence-corrected chi connectivity index (χ0v) is 13.3. The van der Waals surface area contributed by atoms with Crippen LogP contribution in [0.2, 0.25) is 0 Å². The second-order valence-corrected chi connectivity index (χ2v) is 5.69. The highest BCUT2D eigenvalue weighted by atomic mass is 32.1. The van der Waals surface area contributed by atoms with Gasteiger partial charge < -0.3 is 15.4 Å². The summed E-state index contributed by atoms with van der Waals surface area (Å²) in [7, 11) is 1.29. The van der Waals surface area contributed by atoms with E-state index < -0.39 is 5.97 Å². The topological polar surface area (TPSA) is 84.5 Å². The molecule has 0 spiro atoms. The smallest absolute Gasteiger partial charge is 0.337 e. The molecule has 0 aliphatic heterocycles. The molecule has 0 fully saturated rings. The Labute approximate surface area is 137 Å². The van der Waals surface area contributed by atoms with Gasteiger partial charge in [0.1, 0.15) is 0 Å². The van der Waals surface area contributed by atoms with E-state index in [9.17, 15) is 14.4 Å². The Morgan fingerprint density at radius 1 is 1.13 bits per heavy atom. The van der Waals surface area contributed by atoms with Gasteiger partial charge in [-0.3, -0.25) is 9.59 Å². The fourth-order valence-corrected chi connectivity index (χ4v) is 2.56. The molecule has 2 N–H and O–H groups in total. The number of carbonyl (C=O) groups excluding carboxylic acids is 3. The Hall–Kier alpha value is -2.67. The lowest BCUT2D eigenvalue weighted by atomic mass is 10.2. The van der Waals surface area contributed by atoms with Gasteiger partial charge in [-0.25, -0.2) is 4.79 Å². The van der Waals surface area contributed by atoms with Crippen molar-refractivity contribution in [3.8, 4) is 0 Å². The first-order chi connectivity index (χ1) is 11.1. The Morgan fingerprint density at radius 2 is 1.96 bits per heavy atom. The molecule has 0 atom stereocenters. The number of anilines is 1. The number of hydrogen-bond donors (Lipinski definition) is 2. The van der Waals surface area contributed by atoms with Gasteiger partial charge in [0.25, 0.3) is 0 Å². The minimum absolute atomic E-state index is 0.132. The third-order valence-electron chi connectivity index (χ3n) is 2.93. The molecule has 23 heavy (non-hydrogen) atoms. The minimum Gasteiger partial charge on any atom is -0.465 e. The first-order valence-corrected chi connectivity index (χ1v) is 7.74. The number of carbonyl (C=O) groups is 3. The molecule has 6 nitrogen and oxygen atoms in total. The summed E-state index contributed by atoms with van der Waals surface area (Å²) in [5.74, 6) is -1.07. The van der Waals surface area contributed by atoms with E-state index in [0.717, 1.165) is 4.88 Å². The maximum absolute atomic E-state index is 11.8. The van der Waals surface area contributed by atoms with E-state index in [1.165, 1.54) is 24.5 Å². The maximum atomic E-state index is 11.8. The summed E-state index contributed by atoms with van der Waals surface area (Å²) in [5, 5.41) is 7.06. The van der Waals surface area contributed by atoms with Crippen LogP contribution >= 0.6 is 11.3 Å². The molecule has 0 saturated carbocycles. The van der Waals surface area contributed by atoms with Crippen LogP contribution in [-0.2, 0) is 20.7 Å². The van der Waals surface area contributed by atoms with Crippen LogP contribution in [0.5, 0.6) is 0 Å². The largest absolute Gasteiger partial charge is 0.465 e. The Bertz CT molecular complexity index is 698. The predicted molar refractivity (Wildman–Crippen MR) is 87.4 cm³/mol. The number of thiophene rings is 1. The summed E-state index contributed by atoms with van der Waals surface area (Å²) < 4.78 is 4.62. The molecule has 0 bridgehead atoms. The van der Waals surface area contributed by atoms with Crippen LogP contribution in [-0.4, -0.2) is 31.4 Å². The zero-order chi connectivity index (χ0) is 16.7. The highest BCUT2D eigenvalue weighted by molar-refractivity contribution is 7.10. The number of hydrogen-bond acceptors (Lipinski definition) is 5. The monoisotopic (exact) mass is 332 g/mol. The molecule has 0 aliphatic carbocycles. The normalized spacial score (nSPS) is 9.96. The zero-order valence-electron chi connectivity index (χ0n) is 12.5. The molecule has 2 aromatic rings. The SMILES string of the molecule is COC(=O)c1cccc(NC(=O)CNC(=O)Cc2cccs2)c1. The van der Waals surface area contributed by atoms with Gasteiger partial charge in [-0.2, -0.15) is 0 Å². The highest BCUT2D eigenvalue weighted by Crippen LogP contribution is 2.11. The summed E-state index contributed by atoms with van der Waals surface area (Å²) in [6, 6.07) is 10.1. The Balaban J connectivity index is 1.82. The number of nitrogens with one attached hydrogen (secondary N) is 2. The molecule has 0 radical (unpaired) electrons. The summed E-state index contributed by atoms with van der Waals surface area (Å²) >= 11 is 1.49. The molecule has 2 rings (SSSR count). The van der Waals surface area contributed by atoms with Gasteiger partial charge in [-0.1, -0.05) is 12.1 Å². The van der Waals surface area contributed by atoms with Crippen molar-refractivity contribution in [2.24, 2.45) is 0 Å². The van der Waals surface area contributed by atoms with Gasteiger partial charge in [-0.05, 0) is 29.6 Å². The second-order valence-electron chi connectivity index (χ2n) is 4.65. The van der Waals surface area contributed by atoms with Crippen LogP contribution in [0, 0.1) is 0 Å². The van der Waals surface area contributed by atoms with Crippen molar-refractivity contribution >= 4 is 34.8 Å². The first-order valence-electron chi connectivity index (χ1n) is 6.86. The molecule has 1 heterocycles. The van der Waals surface area contributed by atoms with Gasteiger partial charge in [0.2, 0.25) is 11.8 Å². The number of benzene rings is 1. The van der Waals surface area contributed by atoms with Crippen LogP contribution in [0.3, 0.4) is 0 Å². The summed E-state index contributed by atoms with van der Waals surface area (Å²) in [5.41, 5.74) is 0.803. The second kappa shape index (κ2) is 8.09. The Morgan fingerprint density at radius 3 is 2.65 bits per heavy atom. The van der Waals surface area contributed by atoms with E-state index in [1.807, 2.05) is 17.5 Å². The fraction of sp³-hybridized carbons (Fsp3) is 0.188. The molecule has 2 amide bonds. The van der Waals surface area contributed by atoms with E-state index in [4.69, 9.17) is 0 Å². The summed E-state index contributed by atoms with van der Waals surface area (Å²) in [6.45, 7) is -0.132. The quantitative estimate of drug-likeness (QED) is 0.791. The number of amides is 2. The van der Waals surface area contributed by atoms with Gasteiger partial charge in [0.15, 0.2) is 0 Å². The van der Waals surface area contributed by atoms with Gasteiger partial charge >= 0.3 is 5.97 Å². The highest BCUT2D eigenvalue weighted by Gasteiger charge is 2.09. The first kappa shape index (κ1) is 16.7. The van der Waals surface area contributed by atoms with Crippen molar-refractivity contribution in [2.75, 3.05) is 19.0 Å². The lowest BCUT2D eigenvalue weighted by molar-refractivity contribution is -0.123. The average molecular weight is 332 g/mol. The predicted octanol–water partition coefficient (Wildman–Crippen LogP) is 1.83. The van der Waals surface area contributed by atoms with Crippen molar-refractivity contribution in [3.05, 3.63) is 52.2 Å². The molecular formula is C16H16N2O4S. The van der Waals surface area contributed by atoms with E-state index in [1.54, 1.807) is 18.2 Å². The van der Waals surface area contributed by atoms with Crippen molar-refractivity contribution in [3.63, 3.8) is 0 Å². The Kier molecular flexibility index (Phi) is 5.87. The molecule has 1 aromatic heterocycles. The lowest BCUT2D eigenvalue weighted by Gasteiger charge is -2.08. The van der Waals surface area contributed by atoms with Crippen molar-refractivity contribution < 1.29 is 19.1 Å². The van der Waals surface area contributed by atoms with E-state index >= 15 is 0 Å². The number of rotatable bonds is 6. The molecule has 0 saturated heterocycles. The molecule has 1 aromatic carbocycles. The summed E-state index contributed by atoms with van der Waals surface area (Å²) in [4.78, 5) is 35.9. The molecule has 0 aliphatic rings. The van der Waals surface area contributed by atoms with E-state index in [-0.39, 0.29) is 24.8 Å². The van der Waals surface area contributed by atoms with Crippen molar-refractivity contribution in [1.29, 1.82) is 0 Å². The number of ether oxygens (including phenoxy) is 1. The number of esters is 1. The van der Waals surface area contributed by atoms with Gasteiger partial charge in [0, 0.05) is 10.6 Å². The van der Waals surface area contributed by atoms with E-state index in [2.05, 4.69) is 15.4 Å². The van der Waals surface area contributed by atoms with E-state index in [0.29, 0.717) is 11.3 Å². The minimum atomic E-state index is -0.481. The standard InChI is InChI=1S/C16H16N2O4S/c1-22-16(21)11-4-2-5-12(8-11)18-15(20)10-17-14(19)9-13-6-3-7-23-13/h2-8H,9-10H2,1H3,(H,17,19)(H,18,20). The van der Waals surface area contributed by atoms with Crippen LogP contribution in [0.4, 0.5) is 5.69 Å². The van der Waals surface area contributed by atoms with Crippen LogP contribution in [0.1, 0.15) is 15.2 Å². The average Bonchev–Trinajstić information content (AvgIpc) is 3.05. The van der Waals surface area contributed by atoms with Gasteiger partial charge in [-0.15, -0.1) is 11.3 Å². The molecule has 120 valence electrons. The molecule has 0 unspecified atom stereocenters. The number of methoxy groups -OCH3 is 1. The summed E-state index contributed by atoms with van der Waals surface area (Å²) in [6.07, 6.45) is 0.253. The van der Waals surface area contributed by atoms with Crippen molar-refractivity contribution in [1.82, 2.24) is 5.32 Å². The molecule has 7 heteroatoms. The fourth-order valence-electron chi connectivity index (χ4n) is 1.86. The van der Waals surface area contributed by atoms with Crippen molar-refractivity contribution in [2.45, 2.75) is 6.42 Å². The lowest BCUT2D eigenvalue weighted by Crippen LogP contribution is -2.33. The maximum Gasteiger partial charge on any atom is 0.337 e. The van der Waals surface area contributed by atoms with Crippen LogP contribution in [0.15, 0.2) is 41.8 Å². The van der Waals surface area contributed by atoms with Crippen LogP contribution < -0.4 is 10.6 Å². The van der Waals surface area contributed by atoms with Gasteiger partial charge in [0.05, 0.1) is 25.6 Å².